The number of hydrogen-bond donors (Lipinski definition) is 2. The lowest BCUT2D eigenvalue weighted by Crippen LogP contribution is -2.47. The summed E-state index contributed by atoms with van der Waals surface area (Å²) in [7, 11) is 0. The summed E-state index contributed by atoms with van der Waals surface area (Å²) in [6, 6.07) is 1.60. The average molecular weight is 266 g/mol. The predicted molar refractivity (Wildman–Crippen MR) is 78.2 cm³/mol. The summed E-state index contributed by atoms with van der Waals surface area (Å²) in [6.07, 6.45) is 10.8. The molecule has 19 heavy (non-hydrogen) atoms. The third kappa shape index (κ3) is 3.32. The molecule has 0 aromatic heterocycles. The molecule has 4 unspecified atom stereocenters. The summed E-state index contributed by atoms with van der Waals surface area (Å²) in [5, 5.41) is 13.3. The van der Waals surface area contributed by atoms with Gasteiger partial charge in [0.25, 0.3) is 0 Å². The SMILES string of the molecule is OCC1CCCCC1CNC1CCN2CCCC2C1. The summed E-state index contributed by atoms with van der Waals surface area (Å²) >= 11 is 0. The number of piperidine rings is 1. The van der Waals surface area contributed by atoms with Crippen molar-refractivity contribution >= 4 is 0 Å². The van der Waals surface area contributed by atoms with Crippen LogP contribution in [0.1, 0.15) is 51.4 Å². The Labute approximate surface area is 117 Å². The monoisotopic (exact) mass is 266 g/mol. The van der Waals surface area contributed by atoms with Gasteiger partial charge in [-0.2, -0.15) is 0 Å². The molecule has 3 fully saturated rings. The van der Waals surface area contributed by atoms with Gasteiger partial charge in [0.15, 0.2) is 0 Å². The van der Waals surface area contributed by atoms with Crippen molar-refractivity contribution in [2.75, 3.05) is 26.2 Å². The van der Waals surface area contributed by atoms with Crippen molar-refractivity contribution in [1.82, 2.24) is 10.2 Å². The lowest BCUT2D eigenvalue weighted by molar-refractivity contribution is 0.121. The second-order valence-corrected chi connectivity index (χ2v) is 6.95. The highest BCUT2D eigenvalue weighted by Crippen LogP contribution is 2.30. The van der Waals surface area contributed by atoms with Crippen LogP contribution in [0.5, 0.6) is 0 Å². The molecule has 110 valence electrons. The molecule has 2 heterocycles. The zero-order chi connectivity index (χ0) is 13.1. The van der Waals surface area contributed by atoms with E-state index in [1.54, 1.807) is 0 Å². The minimum absolute atomic E-state index is 0.396. The molecule has 3 nitrogen and oxygen atoms in total. The molecule has 0 bridgehead atoms. The molecule has 2 saturated heterocycles. The molecule has 1 saturated carbocycles. The van der Waals surface area contributed by atoms with E-state index >= 15 is 0 Å². The predicted octanol–water partition coefficient (Wildman–Crippen LogP) is 2.00. The Bertz CT molecular complexity index is 284. The van der Waals surface area contributed by atoms with Crippen LogP contribution in [0.3, 0.4) is 0 Å². The number of nitrogens with one attached hydrogen (secondary N) is 1. The van der Waals surface area contributed by atoms with Gasteiger partial charge in [-0.15, -0.1) is 0 Å². The number of aliphatic hydroxyl groups excluding tert-OH is 1. The van der Waals surface area contributed by atoms with Crippen LogP contribution in [0.25, 0.3) is 0 Å². The van der Waals surface area contributed by atoms with E-state index in [2.05, 4.69) is 10.2 Å². The zero-order valence-electron chi connectivity index (χ0n) is 12.2. The van der Waals surface area contributed by atoms with Crippen LogP contribution in [-0.2, 0) is 0 Å². The summed E-state index contributed by atoms with van der Waals surface area (Å²) in [5.41, 5.74) is 0. The van der Waals surface area contributed by atoms with E-state index < -0.39 is 0 Å². The molecule has 4 atom stereocenters. The number of fused-ring (bicyclic) bond motifs is 1. The highest BCUT2D eigenvalue weighted by atomic mass is 16.3. The summed E-state index contributed by atoms with van der Waals surface area (Å²) in [6.45, 7) is 4.18. The molecule has 0 spiro atoms. The molecule has 1 aliphatic carbocycles. The highest BCUT2D eigenvalue weighted by Gasteiger charge is 2.32. The topological polar surface area (TPSA) is 35.5 Å². The quantitative estimate of drug-likeness (QED) is 0.817. The van der Waals surface area contributed by atoms with E-state index in [0.29, 0.717) is 12.5 Å². The van der Waals surface area contributed by atoms with Crippen molar-refractivity contribution < 1.29 is 5.11 Å². The fourth-order valence-corrected chi connectivity index (χ4v) is 4.52. The third-order valence-electron chi connectivity index (χ3n) is 5.79. The second kappa shape index (κ2) is 6.55. The van der Waals surface area contributed by atoms with Crippen LogP contribution >= 0.6 is 0 Å². The van der Waals surface area contributed by atoms with Crippen LogP contribution in [-0.4, -0.2) is 48.3 Å². The van der Waals surface area contributed by atoms with Crippen LogP contribution < -0.4 is 5.32 Å². The summed E-state index contributed by atoms with van der Waals surface area (Å²) in [5.74, 6) is 1.29. The first-order valence-corrected chi connectivity index (χ1v) is 8.45. The van der Waals surface area contributed by atoms with Crippen molar-refractivity contribution in [2.24, 2.45) is 11.8 Å². The Balaban J connectivity index is 1.44. The van der Waals surface area contributed by atoms with Gasteiger partial charge in [0.1, 0.15) is 0 Å². The van der Waals surface area contributed by atoms with Gasteiger partial charge in [-0.1, -0.05) is 12.8 Å². The Morgan fingerprint density at radius 1 is 0.947 bits per heavy atom. The maximum atomic E-state index is 9.49. The molecule has 2 N–H and O–H groups in total. The zero-order valence-corrected chi connectivity index (χ0v) is 12.2. The van der Waals surface area contributed by atoms with E-state index in [1.165, 1.54) is 64.5 Å². The molecule has 2 aliphatic heterocycles. The second-order valence-electron chi connectivity index (χ2n) is 6.95. The van der Waals surface area contributed by atoms with Crippen LogP contribution in [0.4, 0.5) is 0 Å². The molecule has 0 radical (unpaired) electrons. The fourth-order valence-electron chi connectivity index (χ4n) is 4.52. The van der Waals surface area contributed by atoms with E-state index in [1.807, 2.05) is 0 Å². The first kappa shape index (κ1) is 13.8. The van der Waals surface area contributed by atoms with Gasteiger partial charge in [-0.05, 0) is 70.0 Å². The smallest absolute Gasteiger partial charge is 0.0462 e. The number of hydrogen-bond acceptors (Lipinski definition) is 3. The first-order chi connectivity index (χ1) is 9.36. The molecular weight excluding hydrogens is 236 g/mol. The van der Waals surface area contributed by atoms with E-state index in [4.69, 9.17) is 0 Å². The number of aliphatic hydroxyl groups is 1. The number of nitrogens with zero attached hydrogens (tertiary/aromatic N) is 1. The maximum absolute atomic E-state index is 9.49. The fraction of sp³-hybridized carbons (Fsp3) is 1.00. The highest BCUT2D eigenvalue weighted by molar-refractivity contribution is 4.90. The largest absolute Gasteiger partial charge is 0.396 e. The van der Waals surface area contributed by atoms with E-state index in [-0.39, 0.29) is 0 Å². The normalized spacial score (nSPS) is 40.3. The standard InChI is InChI=1S/C16H30N2O/c19-12-14-5-2-1-4-13(14)11-17-15-7-9-18-8-3-6-16(18)10-15/h13-17,19H,1-12H2. The average Bonchev–Trinajstić information content (AvgIpc) is 2.93. The molecular formula is C16H30N2O. The molecule has 3 heteroatoms. The van der Waals surface area contributed by atoms with Gasteiger partial charge < -0.3 is 15.3 Å². The summed E-state index contributed by atoms with van der Waals surface area (Å²) in [4.78, 5) is 2.69. The van der Waals surface area contributed by atoms with Crippen molar-refractivity contribution in [3.63, 3.8) is 0 Å². The van der Waals surface area contributed by atoms with Crippen molar-refractivity contribution in [3.8, 4) is 0 Å². The molecule has 0 aromatic carbocycles. The lowest BCUT2D eigenvalue weighted by Gasteiger charge is -2.37. The number of rotatable bonds is 4. The molecule has 0 aromatic rings. The molecule has 3 aliphatic rings. The van der Waals surface area contributed by atoms with Crippen molar-refractivity contribution in [3.05, 3.63) is 0 Å². The van der Waals surface area contributed by atoms with Crippen LogP contribution in [0.2, 0.25) is 0 Å². The van der Waals surface area contributed by atoms with Crippen LogP contribution in [0, 0.1) is 11.8 Å². The van der Waals surface area contributed by atoms with Gasteiger partial charge >= 0.3 is 0 Å². The Hall–Kier alpha value is -0.120. The van der Waals surface area contributed by atoms with Gasteiger partial charge in [0.05, 0.1) is 0 Å². The Morgan fingerprint density at radius 3 is 2.63 bits per heavy atom. The van der Waals surface area contributed by atoms with Crippen molar-refractivity contribution in [2.45, 2.75) is 63.5 Å². The van der Waals surface area contributed by atoms with Gasteiger partial charge in [0.2, 0.25) is 0 Å². The van der Waals surface area contributed by atoms with Crippen molar-refractivity contribution in [1.29, 1.82) is 0 Å². The Kier molecular flexibility index (Phi) is 4.78. The molecule has 0 amide bonds. The van der Waals surface area contributed by atoms with Gasteiger partial charge in [0, 0.05) is 18.7 Å². The maximum Gasteiger partial charge on any atom is 0.0462 e. The van der Waals surface area contributed by atoms with Gasteiger partial charge in [-0.25, -0.2) is 0 Å². The van der Waals surface area contributed by atoms with E-state index in [0.717, 1.165) is 24.5 Å². The van der Waals surface area contributed by atoms with Crippen LogP contribution in [0.15, 0.2) is 0 Å². The summed E-state index contributed by atoms with van der Waals surface area (Å²) < 4.78 is 0. The Morgan fingerprint density at radius 2 is 1.79 bits per heavy atom. The van der Waals surface area contributed by atoms with E-state index in [9.17, 15) is 5.11 Å². The lowest BCUT2D eigenvalue weighted by atomic mass is 9.79. The van der Waals surface area contributed by atoms with Gasteiger partial charge in [-0.3, -0.25) is 0 Å². The minimum Gasteiger partial charge on any atom is -0.396 e. The minimum atomic E-state index is 0.396. The first-order valence-electron chi connectivity index (χ1n) is 8.45. The molecule has 3 rings (SSSR count). The third-order valence-corrected chi connectivity index (χ3v) is 5.79.